The first-order valence-corrected chi connectivity index (χ1v) is 7.27. The monoisotopic (exact) mass is 237 g/mol. The Kier molecular flexibility index (Phi) is 6.40. The zero-order chi connectivity index (χ0) is 11.9. The van der Waals surface area contributed by atoms with Crippen molar-refractivity contribution < 1.29 is 13.5 Å². The van der Waals surface area contributed by atoms with Crippen LogP contribution in [-0.2, 0) is 9.84 Å². The van der Waals surface area contributed by atoms with E-state index < -0.39 is 9.84 Å². The van der Waals surface area contributed by atoms with Crippen molar-refractivity contribution in [3.63, 3.8) is 0 Å². The van der Waals surface area contributed by atoms with E-state index in [1.807, 2.05) is 13.8 Å². The van der Waals surface area contributed by atoms with Crippen LogP contribution in [0.2, 0.25) is 0 Å². The molecule has 0 heterocycles. The highest BCUT2D eigenvalue weighted by Gasteiger charge is 2.20. The Hall–Kier alpha value is -0.130. The average Bonchev–Trinajstić information content (AvgIpc) is 2.18. The molecule has 0 aliphatic carbocycles. The fourth-order valence-corrected chi connectivity index (χ4v) is 1.99. The first-order chi connectivity index (χ1) is 6.89. The minimum atomic E-state index is -2.89. The van der Waals surface area contributed by atoms with E-state index in [-0.39, 0.29) is 23.7 Å². The van der Waals surface area contributed by atoms with Crippen molar-refractivity contribution in [3.05, 3.63) is 0 Å². The first kappa shape index (κ1) is 14.9. The van der Waals surface area contributed by atoms with Crippen molar-refractivity contribution in [1.82, 2.24) is 5.32 Å². The second-order valence-electron chi connectivity index (χ2n) is 4.05. The first-order valence-electron chi connectivity index (χ1n) is 5.45. The van der Waals surface area contributed by atoms with Crippen LogP contribution in [0.25, 0.3) is 0 Å². The Morgan fingerprint density at radius 1 is 1.33 bits per heavy atom. The van der Waals surface area contributed by atoms with Crippen molar-refractivity contribution >= 4 is 9.84 Å². The van der Waals surface area contributed by atoms with Crippen molar-refractivity contribution in [2.45, 2.75) is 39.2 Å². The van der Waals surface area contributed by atoms with Gasteiger partial charge in [-0.3, -0.25) is 0 Å². The van der Waals surface area contributed by atoms with Crippen LogP contribution in [0.15, 0.2) is 0 Å². The van der Waals surface area contributed by atoms with Crippen LogP contribution in [0.1, 0.15) is 33.6 Å². The summed E-state index contributed by atoms with van der Waals surface area (Å²) >= 11 is 0. The van der Waals surface area contributed by atoms with Gasteiger partial charge in [-0.25, -0.2) is 8.42 Å². The van der Waals surface area contributed by atoms with Crippen LogP contribution >= 0.6 is 0 Å². The molecule has 0 aliphatic rings. The topological polar surface area (TPSA) is 66.4 Å². The third kappa shape index (κ3) is 6.12. The zero-order valence-corrected chi connectivity index (χ0v) is 10.7. The van der Waals surface area contributed by atoms with Crippen LogP contribution < -0.4 is 5.32 Å². The highest BCUT2D eigenvalue weighted by atomic mass is 32.2. The molecule has 0 fully saturated rings. The molecule has 1 atom stereocenters. The third-order valence-corrected chi connectivity index (χ3v) is 4.55. The van der Waals surface area contributed by atoms with E-state index in [2.05, 4.69) is 5.32 Å². The van der Waals surface area contributed by atoms with Crippen LogP contribution in [0.4, 0.5) is 0 Å². The van der Waals surface area contributed by atoms with E-state index in [1.54, 1.807) is 6.92 Å². The Bertz CT molecular complexity index is 264. The molecule has 5 heteroatoms. The van der Waals surface area contributed by atoms with Gasteiger partial charge in [0, 0.05) is 24.4 Å². The summed E-state index contributed by atoms with van der Waals surface area (Å²) in [5, 5.41) is 12.1. The number of aliphatic hydroxyl groups is 1. The van der Waals surface area contributed by atoms with E-state index in [0.29, 0.717) is 13.0 Å². The lowest BCUT2D eigenvalue weighted by atomic mass is 9.95. The molecule has 0 saturated carbocycles. The van der Waals surface area contributed by atoms with Gasteiger partial charge in [-0.15, -0.1) is 0 Å². The predicted octanol–water partition coefficient (Wildman–Crippen LogP) is 0.562. The summed E-state index contributed by atoms with van der Waals surface area (Å²) in [5.74, 6) is 0.363. The second-order valence-corrected chi connectivity index (χ2v) is 6.52. The number of nitrogens with one attached hydrogen (secondary N) is 1. The summed E-state index contributed by atoms with van der Waals surface area (Å²) in [4.78, 5) is 0. The minimum Gasteiger partial charge on any atom is -0.396 e. The average molecular weight is 237 g/mol. The zero-order valence-electron chi connectivity index (χ0n) is 9.91. The number of sulfone groups is 1. The molecule has 15 heavy (non-hydrogen) atoms. The normalized spacial score (nSPS) is 16.3. The summed E-state index contributed by atoms with van der Waals surface area (Å²) in [5.41, 5.74) is -0.155. The van der Waals surface area contributed by atoms with Gasteiger partial charge in [0.05, 0.1) is 5.75 Å². The molecule has 92 valence electrons. The maximum Gasteiger partial charge on any atom is 0.151 e. The Balaban J connectivity index is 4.03. The van der Waals surface area contributed by atoms with Gasteiger partial charge in [0.1, 0.15) is 0 Å². The molecule has 0 saturated heterocycles. The van der Waals surface area contributed by atoms with E-state index in [4.69, 9.17) is 5.11 Å². The minimum absolute atomic E-state index is 0.123. The number of rotatable bonds is 8. The fourth-order valence-electron chi connectivity index (χ4n) is 1.29. The molecule has 0 rings (SSSR count). The Morgan fingerprint density at radius 2 is 1.93 bits per heavy atom. The summed E-state index contributed by atoms with van der Waals surface area (Å²) in [7, 11) is -2.89. The van der Waals surface area contributed by atoms with Gasteiger partial charge in [0.2, 0.25) is 0 Å². The lowest BCUT2D eigenvalue weighted by Crippen LogP contribution is -2.44. The molecule has 2 N–H and O–H groups in total. The van der Waals surface area contributed by atoms with E-state index in [9.17, 15) is 8.42 Å². The molecule has 0 spiro atoms. The molecule has 0 radical (unpaired) electrons. The van der Waals surface area contributed by atoms with Gasteiger partial charge in [-0.2, -0.15) is 0 Å². The standard InChI is InChI=1S/C10H23NO3S/c1-4-10(3,6-8-12)11-7-9-15(13,14)5-2/h11-12H,4-9H2,1-3H3. The maximum absolute atomic E-state index is 11.2. The van der Waals surface area contributed by atoms with Gasteiger partial charge >= 0.3 is 0 Å². The van der Waals surface area contributed by atoms with Crippen molar-refractivity contribution in [2.75, 3.05) is 24.7 Å². The molecular formula is C10H23NO3S. The van der Waals surface area contributed by atoms with Gasteiger partial charge in [0.25, 0.3) is 0 Å². The lowest BCUT2D eigenvalue weighted by Gasteiger charge is -2.29. The number of aliphatic hydroxyl groups excluding tert-OH is 1. The number of hydrogen-bond acceptors (Lipinski definition) is 4. The summed E-state index contributed by atoms with van der Waals surface area (Å²) < 4.78 is 22.5. The molecule has 1 unspecified atom stereocenters. The van der Waals surface area contributed by atoms with E-state index >= 15 is 0 Å². The molecule has 0 aliphatic heterocycles. The van der Waals surface area contributed by atoms with Crippen LogP contribution in [-0.4, -0.2) is 43.7 Å². The molecule has 0 aromatic rings. The summed E-state index contributed by atoms with van der Waals surface area (Å²) in [6, 6.07) is 0. The number of hydrogen-bond donors (Lipinski definition) is 2. The fraction of sp³-hybridized carbons (Fsp3) is 1.00. The van der Waals surface area contributed by atoms with Gasteiger partial charge < -0.3 is 10.4 Å². The highest BCUT2D eigenvalue weighted by Crippen LogP contribution is 2.13. The second kappa shape index (κ2) is 6.45. The molecule has 0 aromatic heterocycles. The Morgan fingerprint density at radius 3 is 2.33 bits per heavy atom. The van der Waals surface area contributed by atoms with E-state index in [0.717, 1.165) is 6.42 Å². The molecule has 0 bridgehead atoms. The van der Waals surface area contributed by atoms with Crippen LogP contribution in [0, 0.1) is 0 Å². The van der Waals surface area contributed by atoms with Gasteiger partial charge in [0.15, 0.2) is 9.84 Å². The molecule has 0 aromatic carbocycles. The van der Waals surface area contributed by atoms with Crippen molar-refractivity contribution in [3.8, 4) is 0 Å². The lowest BCUT2D eigenvalue weighted by molar-refractivity contribution is 0.218. The van der Waals surface area contributed by atoms with Crippen LogP contribution in [0.3, 0.4) is 0 Å². The summed E-state index contributed by atoms with van der Waals surface area (Å²) in [6.07, 6.45) is 1.52. The van der Waals surface area contributed by atoms with Gasteiger partial charge in [-0.1, -0.05) is 13.8 Å². The molecule has 4 nitrogen and oxygen atoms in total. The summed E-state index contributed by atoms with van der Waals surface area (Å²) in [6.45, 7) is 6.26. The van der Waals surface area contributed by atoms with E-state index in [1.165, 1.54) is 0 Å². The van der Waals surface area contributed by atoms with Gasteiger partial charge in [-0.05, 0) is 19.8 Å². The van der Waals surface area contributed by atoms with Crippen molar-refractivity contribution in [1.29, 1.82) is 0 Å². The maximum atomic E-state index is 11.2. The quantitative estimate of drug-likeness (QED) is 0.647. The highest BCUT2D eigenvalue weighted by molar-refractivity contribution is 7.91. The van der Waals surface area contributed by atoms with Crippen molar-refractivity contribution in [2.24, 2.45) is 0 Å². The predicted molar refractivity (Wildman–Crippen MR) is 62.7 cm³/mol. The largest absolute Gasteiger partial charge is 0.396 e. The Labute approximate surface area is 93.0 Å². The third-order valence-electron chi connectivity index (χ3n) is 2.85. The SMILES string of the molecule is CCC(C)(CCO)NCCS(=O)(=O)CC. The van der Waals surface area contributed by atoms with Crippen LogP contribution in [0.5, 0.6) is 0 Å². The molecular weight excluding hydrogens is 214 g/mol. The molecule has 0 amide bonds. The smallest absolute Gasteiger partial charge is 0.151 e.